The number of carbonyl (C=O) groups excluding carboxylic acids is 1. The highest BCUT2D eigenvalue weighted by Gasteiger charge is 2.45. The Balaban J connectivity index is 2.55. The van der Waals surface area contributed by atoms with Gasteiger partial charge in [-0.3, -0.25) is 9.59 Å². The molecule has 5 heteroatoms. The van der Waals surface area contributed by atoms with E-state index in [-0.39, 0.29) is 17.9 Å². The summed E-state index contributed by atoms with van der Waals surface area (Å²) in [4.78, 5) is 24.9. The van der Waals surface area contributed by atoms with Crippen LogP contribution in [0, 0.1) is 11.3 Å². The molecular weight excluding hydrogens is 246 g/mol. The fourth-order valence-corrected chi connectivity index (χ4v) is 2.56. The number of nitrogens with zero attached hydrogens (tertiary/aromatic N) is 1. The number of amides is 1. The quantitative estimate of drug-likeness (QED) is 0.683. The van der Waals surface area contributed by atoms with Gasteiger partial charge in [0.1, 0.15) is 0 Å². The van der Waals surface area contributed by atoms with Gasteiger partial charge in [-0.05, 0) is 26.2 Å². The topological polar surface area (TPSA) is 66.8 Å². The summed E-state index contributed by atoms with van der Waals surface area (Å²) in [5, 5.41) is 8.90. The molecule has 0 aromatic carbocycles. The molecule has 0 aromatic rings. The van der Waals surface area contributed by atoms with Gasteiger partial charge in [0.05, 0.1) is 11.3 Å². The van der Waals surface area contributed by atoms with E-state index in [0.717, 1.165) is 25.7 Å². The van der Waals surface area contributed by atoms with E-state index in [1.165, 1.54) is 0 Å². The van der Waals surface area contributed by atoms with Gasteiger partial charge in [-0.1, -0.05) is 13.3 Å². The number of rotatable bonds is 8. The van der Waals surface area contributed by atoms with Crippen LogP contribution >= 0.6 is 0 Å². The standard InChI is InChI=1S/C14H25NO4/c1-4-19-9-8-14(6-5-7-14)13(18)15(3)10-11(2)12(16)17/h11H,4-10H2,1-3H3,(H,16,17). The van der Waals surface area contributed by atoms with E-state index in [9.17, 15) is 9.59 Å². The lowest BCUT2D eigenvalue weighted by atomic mass is 9.66. The van der Waals surface area contributed by atoms with Gasteiger partial charge in [0.25, 0.3) is 0 Å². The molecule has 1 aliphatic carbocycles. The Bertz CT molecular complexity index is 325. The molecular formula is C14H25NO4. The largest absolute Gasteiger partial charge is 0.481 e. The fraction of sp³-hybridized carbons (Fsp3) is 0.857. The van der Waals surface area contributed by atoms with Crippen LogP contribution in [-0.4, -0.2) is 48.7 Å². The molecule has 0 heterocycles. The van der Waals surface area contributed by atoms with Gasteiger partial charge in [-0.2, -0.15) is 0 Å². The molecule has 1 atom stereocenters. The first-order chi connectivity index (χ1) is 8.93. The first-order valence-corrected chi connectivity index (χ1v) is 6.99. The average molecular weight is 271 g/mol. The van der Waals surface area contributed by atoms with Crippen LogP contribution in [0.4, 0.5) is 0 Å². The maximum Gasteiger partial charge on any atom is 0.308 e. The van der Waals surface area contributed by atoms with Gasteiger partial charge in [0.2, 0.25) is 5.91 Å². The van der Waals surface area contributed by atoms with Gasteiger partial charge in [0, 0.05) is 26.8 Å². The second-order valence-corrected chi connectivity index (χ2v) is 5.51. The Morgan fingerprint density at radius 2 is 2.05 bits per heavy atom. The fourth-order valence-electron chi connectivity index (χ4n) is 2.56. The number of aliphatic carboxylic acids is 1. The molecule has 1 rings (SSSR count). The van der Waals surface area contributed by atoms with Crippen molar-refractivity contribution in [2.45, 2.75) is 39.5 Å². The van der Waals surface area contributed by atoms with E-state index in [2.05, 4.69) is 0 Å². The lowest BCUT2D eigenvalue weighted by molar-refractivity contribution is -0.150. The minimum atomic E-state index is -0.864. The van der Waals surface area contributed by atoms with E-state index in [1.807, 2.05) is 6.92 Å². The van der Waals surface area contributed by atoms with E-state index in [0.29, 0.717) is 13.2 Å². The van der Waals surface area contributed by atoms with E-state index >= 15 is 0 Å². The van der Waals surface area contributed by atoms with Crippen molar-refractivity contribution < 1.29 is 19.4 Å². The predicted octanol–water partition coefficient (Wildman–Crippen LogP) is 1.76. The summed E-state index contributed by atoms with van der Waals surface area (Å²) in [6, 6.07) is 0. The SMILES string of the molecule is CCOCCC1(C(=O)N(C)CC(C)C(=O)O)CCC1. The van der Waals surface area contributed by atoms with Gasteiger partial charge >= 0.3 is 5.97 Å². The zero-order valence-electron chi connectivity index (χ0n) is 12.1. The number of hydrogen-bond acceptors (Lipinski definition) is 3. The van der Waals surface area contributed by atoms with Crippen molar-refractivity contribution in [2.75, 3.05) is 26.8 Å². The molecule has 19 heavy (non-hydrogen) atoms. The molecule has 1 N–H and O–H groups in total. The number of carboxylic acid groups (broad SMARTS) is 1. The molecule has 1 fully saturated rings. The molecule has 5 nitrogen and oxygen atoms in total. The average Bonchev–Trinajstić information content (AvgIpc) is 2.31. The van der Waals surface area contributed by atoms with Crippen molar-refractivity contribution in [3.8, 4) is 0 Å². The number of hydrogen-bond donors (Lipinski definition) is 1. The lowest BCUT2D eigenvalue weighted by Gasteiger charge is -2.43. The zero-order valence-corrected chi connectivity index (χ0v) is 12.1. The summed E-state index contributed by atoms with van der Waals surface area (Å²) < 4.78 is 5.35. The summed E-state index contributed by atoms with van der Waals surface area (Å²) >= 11 is 0. The van der Waals surface area contributed by atoms with Crippen molar-refractivity contribution in [1.82, 2.24) is 4.90 Å². The van der Waals surface area contributed by atoms with Crippen LogP contribution in [0.1, 0.15) is 39.5 Å². The molecule has 0 aliphatic heterocycles. The summed E-state index contributed by atoms with van der Waals surface area (Å²) in [5.41, 5.74) is -0.303. The second-order valence-electron chi connectivity index (χ2n) is 5.51. The summed E-state index contributed by atoms with van der Waals surface area (Å²) in [5.74, 6) is -1.32. The van der Waals surface area contributed by atoms with Crippen LogP contribution in [0.25, 0.3) is 0 Å². The first-order valence-electron chi connectivity index (χ1n) is 6.99. The monoisotopic (exact) mass is 271 g/mol. The summed E-state index contributed by atoms with van der Waals surface area (Å²) in [7, 11) is 1.70. The van der Waals surface area contributed by atoms with Gasteiger partial charge < -0.3 is 14.7 Å². The molecule has 1 amide bonds. The van der Waals surface area contributed by atoms with Crippen molar-refractivity contribution in [2.24, 2.45) is 11.3 Å². The highest BCUT2D eigenvalue weighted by Crippen LogP contribution is 2.45. The van der Waals surface area contributed by atoms with E-state index in [1.54, 1.807) is 18.9 Å². The normalized spacial score (nSPS) is 18.5. The number of ether oxygens (including phenoxy) is 1. The molecule has 1 saturated carbocycles. The number of carboxylic acids is 1. The Morgan fingerprint density at radius 3 is 2.47 bits per heavy atom. The molecule has 1 aliphatic rings. The lowest BCUT2D eigenvalue weighted by Crippen LogP contribution is -2.48. The van der Waals surface area contributed by atoms with Crippen LogP contribution in [-0.2, 0) is 14.3 Å². The summed E-state index contributed by atoms with van der Waals surface area (Å²) in [6.07, 6.45) is 3.60. The third-order valence-electron chi connectivity index (χ3n) is 4.01. The van der Waals surface area contributed by atoms with Crippen LogP contribution < -0.4 is 0 Å². The van der Waals surface area contributed by atoms with Crippen LogP contribution in [0.5, 0.6) is 0 Å². The first kappa shape index (κ1) is 16.0. The molecule has 0 saturated heterocycles. The van der Waals surface area contributed by atoms with Crippen LogP contribution in [0.2, 0.25) is 0 Å². The van der Waals surface area contributed by atoms with Crippen molar-refractivity contribution in [3.05, 3.63) is 0 Å². The van der Waals surface area contributed by atoms with E-state index < -0.39 is 11.9 Å². The predicted molar refractivity (Wildman–Crippen MR) is 71.8 cm³/mol. The third kappa shape index (κ3) is 3.93. The highest BCUT2D eigenvalue weighted by atomic mass is 16.5. The molecule has 110 valence electrons. The molecule has 0 radical (unpaired) electrons. The Hall–Kier alpha value is -1.10. The van der Waals surface area contributed by atoms with Crippen LogP contribution in [0.15, 0.2) is 0 Å². The Morgan fingerprint density at radius 1 is 1.42 bits per heavy atom. The smallest absolute Gasteiger partial charge is 0.308 e. The highest BCUT2D eigenvalue weighted by molar-refractivity contribution is 5.84. The third-order valence-corrected chi connectivity index (χ3v) is 4.01. The Kier molecular flexibility index (Phi) is 5.79. The second kappa shape index (κ2) is 6.89. The van der Waals surface area contributed by atoms with Crippen LogP contribution in [0.3, 0.4) is 0 Å². The molecule has 1 unspecified atom stereocenters. The van der Waals surface area contributed by atoms with Gasteiger partial charge in [-0.15, -0.1) is 0 Å². The van der Waals surface area contributed by atoms with Crippen molar-refractivity contribution in [3.63, 3.8) is 0 Å². The number of carbonyl (C=O) groups is 2. The maximum absolute atomic E-state index is 12.5. The minimum absolute atomic E-state index is 0.0755. The van der Waals surface area contributed by atoms with E-state index in [4.69, 9.17) is 9.84 Å². The Labute approximate surface area is 114 Å². The molecule has 0 bridgehead atoms. The molecule has 0 spiro atoms. The van der Waals surface area contributed by atoms with Gasteiger partial charge in [-0.25, -0.2) is 0 Å². The van der Waals surface area contributed by atoms with Gasteiger partial charge in [0.15, 0.2) is 0 Å². The molecule has 0 aromatic heterocycles. The van der Waals surface area contributed by atoms with Crippen molar-refractivity contribution >= 4 is 11.9 Å². The van der Waals surface area contributed by atoms with Crippen molar-refractivity contribution in [1.29, 1.82) is 0 Å². The minimum Gasteiger partial charge on any atom is -0.481 e. The maximum atomic E-state index is 12.5. The zero-order chi connectivity index (χ0) is 14.5. The summed E-state index contributed by atoms with van der Waals surface area (Å²) in [6.45, 7) is 5.10.